The Labute approximate surface area is 74.6 Å². The maximum atomic E-state index is 9.22. The third-order valence-corrected chi connectivity index (χ3v) is 3.43. The standard InChI is InChI=1S/C10H19NO/c12-8-10-5-2-1-4-9-6-3-7-11(9)10/h9-10,12H,1-8H2/t9-,10+/m1/s1. The van der Waals surface area contributed by atoms with Crippen molar-refractivity contribution in [3.8, 4) is 0 Å². The van der Waals surface area contributed by atoms with Crippen LogP contribution in [0.15, 0.2) is 0 Å². The highest BCUT2D eigenvalue weighted by molar-refractivity contribution is 4.86. The number of aliphatic hydroxyl groups is 1. The van der Waals surface area contributed by atoms with Gasteiger partial charge in [-0.3, -0.25) is 4.90 Å². The topological polar surface area (TPSA) is 23.5 Å². The van der Waals surface area contributed by atoms with Crippen LogP contribution in [0.25, 0.3) is 0 Å². The normalized spacial score (nSPS) is 37.8. The van der Waals surface area contributed by atoms with Gasteiger partial charge in [-0.05, 0) is 32.2 Å². The van der Waals surface area contributed by atoms with E-state index in [9.17, 15) is 5.11 Å². The van der Waals surface area contributed by atoms with Crippen LogP contribution in [0.5, 0.6) is 0 Å². The highest BCUT2D eigenvalue weighted by atomic mass is 16.3. The molecule has 2 aliphatic heterocycles. The van der Waals surface area contributed by atoms with Gasteiger partial charge >= 0.3 is 0 Å². The third-order valence-electron chi connectivity index (χ3n) is 3.43. The van der Waals surface area contributed by atoms with Crippen molar-refractivity contribution in [1.82, 2.24) is 4.90 Å². The SMILES string of the molecule is OC[C@@H]1CCCC[C@@H]2CCCN21. The van der Waals surface area contributed by atoms with Crippen molar-refractivity contribution >= 4 is 0 Å². The van der Waals surface area contributed by atoms with Gasteiger partial charge in [0.15, 0.2) is 0 Å². The average molecular weight is 169 g/mol. The summed E-state index contributed by atoms with van der Waals surface area (Å²) in [6.45, 7) is 1.60. The van der Waals surface area contributed by atoms with Crippen molar-refractivity contribution in [2.75, 3.05) is 13.2 Å². The summed E-state index contributed by atoms with van der Waals surface area (Å²) in [7, 11) is 0. The lowest BCUT2D eigenvalue weighted by Gasteiger charge is -2.29. The molecule has 0 aromatic carbocycles. The molecule has 2 fully saturated rings. The van der Waals surface area contributed by atoms with Gasteiger partial charge in [0.1, 0.15) is 0 Å². The number of hydrogen-bond donors (Lipinski definition) is 1. The molecule has 0 amide bonds. The van der Waals surface area contributed by atoms with Crippen molar-refractivity contribution in [3.63, 3.8) is 0 Å². The lowest BCUT2D eigenvalue weighted by atomic mass is 10.1. The molecular formula is C10H19NO. The van der Waals surface area contributed by atoms with Crippen molar-refractivity contribution in [3.05, 3.63) is 0 Å². The Morgan fingerprint density at radius 1 is 1.08 bits per heavy atom. The predicted molar refractivity (Wildman–Crippen MR) is 49.1 cm³/mol. The first-order chi connectivity index (χ1) is 5.92. The Balaban J connectivity index is 2.02. The number of fused-ring (bicyclic) bond motifs is 1. The van der Waals surface area contributed by atoms with Crippen LogP contribution < -0.4 is 0 Å². The van der Waals surface area contributed by atoms with E-state index in [0.29, 0.717) is 12.6 Å². The van der Waals surface area contributed by atoms with E-state index in [1.54, 1.807) is 0 Å². The van der Waals surface area contributed by atoms with E-state index in [2.05, 4.69) is 4.90 Å². The fourth-order valence-corrected chi connectivity index (χ4v) is 2.77. The molecule has 2 aliphatic rings. The molecule has 2 atom stereocenters. The van der Waals surface area contributed by atoms with E-state index in [-0.39, 0.29) is 0 Å². The first-order valence-electron chi connectivity index (χ1n) is 5.28. The monoisotopic (exact) mass is 169 g/mol. The molecule has 2 rings (SSSR count). The molecule has 0 spiro atoms. The summed E-state index contributed by atoms with van der Waals surface area (Å²) in [5.74, 6) is 0. The minimum Gasteiger partial charge on any atom is -0.395 e. The van der Waals surface area contributed by atoms with Crippen molar-refractivity contribution < 1.29 is 5.11 Å². The highest BCUT2D eigenvalue weighted by Gasteiger charge is 2.31. The zero-order valence-electron chi connectivity index (χ0n) is 7.71. The van der Waals surface area contributed by atoms with Gasteiger partial charge in [-0.2, -0.15) is 0 Å². The molecule has 2 nitrogen and oxygen atoms in total. The van der Waals surface area contributed by atoms with Crippen LogP contribution in [0.2, 0.25) is 0 Å². The van der Waals surface area contributed by atoms with Crippen LogP contribution in [0.1, 0.15) is 38.5 Å². The summed E-state index contributed by atoms with van der Waals surface area (Å²) in [5, 5.41) is 9.22. The Morgan fingerprint density at radius 3 is 2.67 bits per heavy atom. The van der Waals surface area contributed by atoms with E-state index in [1.165, 1.54) is 45.1 Å². The largest absolute Gasteiger partial charge is 0.395 e. The molecule has 2 heterocycles. The minimum atomic E-state index is 0.372. The van der Waals surface area contributed by atoms with E-state index in [0.717, 1.165) is 6.04 Å². The van der Waals surface area contributed by atoms with Gasteiger partial charge in [0, 0.05) is 12.1 Å². The smallest absolute Gasteiger partial charge is 0.0586 e. The fourth-order valence-electron chi connectivity index (χ4n) is 2.77. The van der Waals surface area contributed by atoms with Crippen LogP contribution in [0, 0.1) is 0 Å². The Bertz CT molecular complexity index is 149. The lowest BCUT2D eigenvalue weighted by Crippen LogP contribution is -2.39. The quantitative estimate of drug-likeness (QED) is 0.641. The molecule has 0 aliphatic carbocycles. The first-order valence-corrected chi connectivity index (χ1v) is 5.28. The predicted octanol–water partition coefficient (Wildman–Crippen LogP) is 1.39. The van der Waals surface area contributed by atoms with Crippen LogP contribution in [-0.2, 0) is 0 Å². The van der Waals surface area contributed by atoms with Crippen LogP contribution in [0.4, 0.5) is 0 Å². The maximum Gasteiger partial charge on any atom is 0.0586 e. The molecule has 0 unspecified atom stereocenters. The summed E-state index contributed by atoms with van der Waals surface area (Å²) < 4.78 is 0. The Hall–Kier alpha value is -0.0800. The molecule has 0 aromatic rings. The first kappa shape index (κ1) is 8.52. The number of rotatable bonds is 1. The van der Waals surface area contributed by atoms with E-state index in [4.69, 9.17) is 0 Å². The zero-order chi connectivity index (χ0) is 8.39. The average Bonchev–Trinajstić information content (AvgIpc) is 2.46. The second kappa shape index (κ2) is 3.75. The van der Waals surface area contributed by atoms with Crippen LogP contribution in [0.3, 0.4) is 0 Å². The summed E-state index contributed by atoms with van der Waals surface area (Å²) in [5.41, 5.74) is 0. The van der Waals surface area contributed by atoms with Gasteiger partial charge in [-0.15, -0.1) is 0 Å². The van der Waals surface area contributed by atoms with Gasteiger partial charge in [-0.1, -0.05) is 12.8 Å². The van der Waals surface area contributed by atoms with Crippen molar-refractivity contribution in [1.29, 1.82) is 0 Å². The zero-order valence-corrected chi connectivity index (χ0v) is 7.71. The maximum absolute atomic E-state index is 9.22. The van der Waals surface area contributed by atoms with Crippen LogP contribution in [-0.4, -0.2) is 35.2 Å². The van der Waals surface area contributed by atoms with Gasteiger partial charge in [0.05, 0.1) is 6.61 Å². The van der Waals surface area contributed by atoms with Gasteiger partial charge in [-0.25, -0.2) is 0 Å². The van der Waals surface area contributed by atoms with Gasteiger partial charge < -0.3 is 5.11 Å². The molecule has 0 radical (unpaired) electrons. The van der Waals surface area contributed by atoms with Gasteiger partial charge in [0.2, 0.25) is 0 Å². The molecule has 2 heteroatoms. The van der Waals surface area contributed by atoms with E-state index < -0.39 is 0 Å². The number of aliphatic hydroxyl groups excluding tert-OH is 1. The summed E-state index contributed by atoms with van der Waals surface area (Å²) in [4.78, 5) is 2.55. The summed E-state index contributed by atoms with van der Waals surface area (Å²) in [6, 6.07) is 1.30. The second-order valence-corrected chi connectivity index (χ2v) is 4.15. The van der Waals surface area contributed by atoms with Crippen molar-refractivity contribution in [2.45, 2.75) is 50.6 Å². The lowest BCUT2D eigenvalue weighted by molar-refractivity contribution is 0.114. The van der Waals surface area contributed by atoms with Gasteiger partial charge in [0.25, 0.3) is 0 Å². The molecule has 1 N–H and O–H groups in total. The molecular weight excluding hydrogens is 150 g/mol. The fraction of sp³-hybridized carbons (Fsp3) is 1.00. The molecule has 2 saturated heterocycles. The second-order valence-electron chi connectivity index (χ2n) is 4.15. The van der Waals surface area contributed by atoms with Crippen LogP contribution >= 0.6 is 0 Å². The third kappa shape index (κ3) is 1.50. The summed E-state index contributed by atoms with van der Waals surface area (Å²) in [6.07, 6.45) is 8.00. The number of nitrogens with zero attached hydrogens (tertiary/aromatic N) is 1. The summed E-state index contributed by atoms with van der Waals surface area (Å²) >= 11 is 0. The minimum absolute atomic E-state index is 0.372. The van der Waals surface area contributed by atoms with Crippen molar-refractivity contribution in [2.24, 2.45) is 0 Å². The number of hydrogen-bond acceptors (Lipinski definition) is 2. The molecule has 70 valence electrons. The molecule has 0 bridgehead atoms. The Morgan fingerprint density at radius 2 is 1.83 bits per heavy atom. The Kier molecular flexibility index (Phi) is 2.66. The molecule has 12 heavy (non-hydrogen) atoms. The molecule has 0 saturated carbocycles. The highest BCUT2D eigenvalue weighted by Crippen LogP contribution is 2.29. The van der Waals surface area contributed by atoms with E-state index in [1.807, 2.05) is 0 Å². The molecule has 0 aromatic heterocycles. The van der Waals surface area contributed by atoms with E-state index >= 15 is 0 Å².